The minimum atomic E-state index is -4.28. The van der Waals surface area contributed by atoms with Gasteiger partial charge in [0.2, 0.25) is 0 Å². The lowest BCUT2D eigenvalue weighted by atomic mass is 9.84. The van der Waals surface area contributed by atoms with Gasteiger partial charge in [0.1, 0.15) is 40.2 Å². The number of rotatable bonds is 20. The van der Waals surface area contributed by atoms with E-state index in [4.69, 9.17) is 9.47 Å². The van der Waals surface area contributed by atoms with Crippen LogP contribution in [0.1, 0.15) is 163 Å². The Kier molecular flexibility index (Phi) is 16.5. The van der Waals surface area contributed by atoms with Crippen molar-refractivity contribution < 1.29 is 52.7 Å². The summed E-state index contributed by atoms with van der Waals surface area (Å²) >= 11 is 0. The van der Waals surface area contributed by atoms with Crippen LogP contribution in [-0.4, -0.2) is 111 Å². The minimum Gasteiger partial charge on any atom is -0.508 e. The summed E-state index contributed by atoms with van der Waals surface area (Å²) in [6, 6.07) is 1.39. The second kappa shape index (κ2) is 21.5. The molecule has 0 spiro atoms. The van der Waals surface area contributed by atoms with Gasteiger partial charge in [-0.1, -0.05) is 46.6 Å². The fourth-order valence-electron chi connectivity index (χ4n) is 9.70. The number of nitrogens with one attached hydrogen (secondary N) is 1. The van der Waals surface area contributed by atoms with Gasteiger partial charge in [-0.2, -0.15) is 12.7 Å². The third-order valence-electron chi connectivity index (χ3n) is 14.2. The van der Waals surface area contributed by atoms with Gasteiger partial charge in [0.25, 0.3) is 17.7 Å². The smallest absolute Gasteiger partial charge is 0.303 e. The number of benzene rings is 2. The molecule has 378 valence electrons. The number of carbonyl (C=O) groups is 3. The fraction of sp³-hybridized carbons (Fsp3) is 0.566. The first-order valence-electron chi connectivity index (χ1n) is 24.3. The van der Waals surface area contributed by atoms with E-state index < -0.39 is 51.5 Å². The molecular formula is C53H74N4O11S. The number of phenolic OH excluding ortho intramolecular Hbond substituents is 2. The summed E-state index contributed by atoms with van der Waals surface area (Å²) < 4.78 is 42.1. The van der Waals surface area contributed by atoms with Gasteiger partial charge >= 0.3 is 10.2 Å². The number of phenols is 2. The van der Waals surface area contributed by atoms with Crippen LogP contribution in [0.2, 0.25) is 0 Å². The molecule has 4 aliphatic heterocycles. The summed E-state index contributed by atoms with van der Waals surface area (Å²) in [7, 11) is -1.74. The van der Waals surface area contributed by atoms with Crippen molar-refractivity contribution in [3.8, 4) is 23.0 Å². The molecule has 2 aromatic rings. The van der Waals surface area contributed by atoms with Crippen molar-refractivity contribution >= 4 is 27.9 Å². The zero-order valence-corrected chi connectivity index (χ0v) is 43.0. The Balaban J connectivity index is 1.19. The number of ether oxygens (including phenoxy) is 2. The fourth-order valence-corrected chi connectivity index (χ4v) is 10.3. The SMILES string of the molecule is CC(C)=CCC/C(C)=C/CC[C@@]1(C)Oc2c(c(O)cc3c2CN(CCC[C@@H](C(=O)NS(=O)(=O)N(C)C)N2Cc4c(cc(O)c5c4O[C@](C)(CC/C=C(\C)CCC=C(C)C)[C@@H](O)C5)C2=O)C3=O)C[C@@H]1O. The summed E-state index contributed by atoms with van der Waals surface area (Å²) in [6.07, 6.45) is 13.1. The first-order valence-corrected chi connectivity index (χ1v) is 25.7. The van der Waals surface area contributed by atoms with Gasteiger partial charge in [-0.15, -0.1) is 0 Å². The van der Waals surface area contributed by atoms with Crippen LogP contribution in [-0.2, 0) is 40.9 Å². The molecule has 16 heteroatoms. The predicted molar refractivity (Wildman–Crippen MR) is 265 cm³/mol. The summed E-state index contributed by atoms with van der Waals surface area (Å²) in [6.45, 7) is 16.2. The molecule has 0 saturated carbocycles. The molecule has 0 bridgehead atoms. The Bertz CT molecular complexity index is 2560. The highest BCUT2D eigenvalue weighted by atomic mass is 32.2. The molecule has 6 rings (SSSR count). The van der Waals surface area contributed by atoms with E-state index in [0.29, 0.717) is 53.7 Å². The number of hydrogen-bond donors (Lipinski definition) is 5. The lowest BCUT2D eigenvalue weighted by Gasteiger charge is -2.41. The van der Waals surface area contributed by atoms with Crippen LogP contribution in [0.15, 0.2) is 58.7 Å². The van der Waals surface area contributed by atoms with Crippen LogP contribution < -0.4 is 14.2 Å². The third-order valence-corrected chi connectivity index (χ3v) is 15.7. The lowest BCUT2D eigenvalue weighted by molar-refractivity contribution is -0.124. The first kappa shape index (κ1) is 53.2. The Morgan fingerprint density at radius 3 is 1.68 bits per heavy atom. The van der Waals surface area contributed by atoms with Crippen LogP contribution in [0.25, 0.3) is 0 Å². The number of allylic oxidation sites excluding steroid dienone is 8. The van der Waals surface area contributed by atoms with E-state index in [9.17, 15) is 43.2 Å². The second-order valence-corrected chi connectivity index (χ2v) is 22.5. The maximum absolute atomic E-state index is 14.3. The van der Waals surface area contributed by atoms with E-state index in [-0.39, 0.29) is 79.6 Å². The van der Waals surface area contributed by atoms with Gasteiger partial charge < -0.3 is 39.7 Å². The molecule has 4 aliphatic rings. The highest BCUT2D eigenvalue weighted by Gasteiger charge is 2.47. The molecule has 69 heavy (non-hydrogen) atoms. The summed E-state index contributed by atoms with van der Waals surface area (Å²) in [5.41, 5.74) is 5.08. The summed E-state index contributed by atoms with van der Waals surface area (Å²) in [5, 5.41) is 45.0. The van der Waals surface area contributed by atoms with Gasteiger partial charge in [-0.3, -0.25) is 14.4 Å². The van der Waals surface area contributed by atoms with Crippen molar-refractivity contribution in [3.63, 3.8) is 0 Å². The molecule has 5 atom stereocenters. The van der Waals surface area contributed by atoms with Gasteiger partial charge in [-0.05, 0) is 132 Å². The summed E-state index contributed by atoms with van der Waals surface area (Å²) in [5.74, 6) is -1.67. The average Bonchev–Trinajstić information content (AvgIpc) is 3.75. The standard InChI is InChI=1S/C53H74N4O11S/c1-32(2)16-11-18-34(5)20-13-23-52(7)45(60)28-38-43(58)26-36-40(47(38)67-52)30-56(50(36)63)25-15-22-42(49(62)54-69(65,66)55(9)10)57-31-41-37(51(57)64)27-44(59)39-29-46(61)53(8,68-48(39)41)24-14-21-35(6)19-12-17-33(3)4/h16-17,20-21,26-27,42,45-46,58-61H,11-15,18-19,22-25,28-31H2,1-10H3,(H,54,62)/b34-20+,35-21+/t42-,45-,46-,52+,53+/m0/s1. The van der Waals surface area contributed by atoms with Crippen LogP contribution in [0, 0.1) is 0 Å². The van der Waals surface area contributed by atoms with Gasteiger partial charge in [0.05, 0.1) is 36.4 Å². The number of amides is 3. The molecule has 15 nitrogen and oxygen atoms in total. The molecule has 2 aromatic carbocycles. The second-order valence-electron chi connectivity index (χ2n) is 20.6. The van der Waals surface area contributed by atoms with Crippen LogP contribution in [0.5, 0.6) is 23.0 Å². The van der Waals surface area contributed by atoms with Gasteiger partial charge in [0.15, 0.2) is 0 Å². The monoisotopic (exact) mass is 975 g/mol. The molecule has 0 saturated heterocycles. The Morgan fingerprint density at radius 2 is 1.22 bits per heavy atom. The van der Waals surface area contributed by atoms with Gasteiger partial charge in [-0.25, -0.2) is 4.72 Å². The van der Waals surface area contributed by atoms with E-state index in [1.165, 1.54) is 53.4 Å². The molecular weight excluding hydrogens is 901 g/mol. The molecule has 0 unspecified atom stereocenters. The van der Waals surface area contributed by atoms with E-state index >= 15 is 0 Å². The van der Waals surface area contributed by atoms with Gasteiger partial charge in [0, 0.05) is 55.7 Å². The largest absolute Gasteiger partial charge is 0.508 e. The molecule has 3 amide bonds. The lowest BCUT2D eigenvalue weighted by Crippen LogP contribution is -2.51. The molecule has 0 radical (unpaired) electrons. The molecule has 5 N–H and O–H groups in total. The quantitative estimate of drug-likeness (QED) is 0.0809. The molecule has 4 heterocycles. The maximum atomic E-state index is 14.3. The molecule has 0 aromatic heterocycles. The number of aliphatic hydroxyl groups is 2. The average molecular weight is 975 g/mol. The van der Waals surface area contributed by atoms with Crippen LogP contribution >= 0.6 is 0 Å². The zero-order valence-electron chi connectivity index (χ0n) is 42.2. The normalized spacial score (nSPS) is 22.6. The van der Waals surface area contributed by atoms with Crippen molar-refractivity contribution in [1.82, 2.24) is 18.8 Å². The van der Waals surface area contributed by atoms with E-state index in [1.807, 2.05) is 6.92 Å². The van der Waals surface area contributed by atoms with E-state index in [2.05, 4.69) is 70.6 Å². The number of hydrogen-bond acceptors (Lipinski definition) is 11. The third kappa shape index (κ3) is 11.9. The van der Waals surface area contributed by atoms with Crippen molar-refractivity contribution in [2.45, 2.75) is 175 Å². The van der Waals surface area contributed by atoms with Crippen molar-refractivity contribution in [2.75, 3.05) is 20.6 Å². The van der Waals surface area contributed by atoms with E-state index in [0.717, 1.165) is 30.0 Å². The molecule has 0 aliphatic carbocycles. The predicted octanol–water partition coefficient (Wildman–Crippen LogP) is 7.84. The highest BCUT2D eigenvalue weighted by Crippen LogP contribution is 2.48. The Hall–Kier alpha value is -5.16. The van der Waals surface area contributed by atoms with Crippen molar-refractivity contribution in [2.24, 2.45) is 0 Å². The Labute approximate surface area is 408 Å². The molecule has 0 fully saturated rings. The van der Waals surface area contributed by atoms with Crippen LogP contribution in [0.3, 0.4) is 0 Å². The zero-order chi connectivity index (χ0) is 50.7. The van der Waals surface area contributed by atoms with Crippen molar-refractivity contribution in [3.05, 3.63) is 92.1 Å². The summed E-state index contributed by atoms with van der Waals surface area (Å²) in [4.78, 5) is 45.2. The van der Waals surface area contributed by atoms with Crippen molar-refractivity contribution in [1.29, 1.82) is 0 Å². The first-order chi connectivity index (χ1) is 32.4. The topological polar surface area (TPSA) is 206 Å². The number of nitrogens with zero attached hydrogens (tertiary/aromatic N) is 3. The van der Waals surface area contributed by atoms with Crippen LogP contribution in [0.4, 0.5) is 0 Å². The number of carbonyl (C=O) groups excluding carboxylic acids is 3. The Morgan fingerprint density at radius 1 is 0.754 bits per heavy atom. The van der Waals surface area contributed by atoms with E-state index in [1.54, 1.807) is 11.8 Å². The highest BCUT2D eigenvalue weighted by molar-refractivity contribution is 7.87. The minimum absolute atomic E-state index is 0.0508. The maximum Gasteiger partial charge on any atom is 0.303 e. The number of aliphatic hydroxyl groups excluding tert-OH is 2. The number of aromatic hydroxyl groups is 2. The number of fused-ring (bicyclic) bond motifs is 6.